The molecule has 0 aliphatic carbocycles. The first kappa shape index (κ1) is 18.6. The standard InChI is InChI=1S/C17H15F4NO3/c18-14-3-1-2-4-15(14)24-10-9-16(23)22-12-5-7-13(8-6-12)25-11-17(19,20)21/h1-8H,9-11H2,(H,22,23). The van der Waals surface area contributed by atoms with Gasteiger partial charge in [0.25, 0.3) is 0 Å². The number of carbonyl (C=O) groups is 1. The van der Waals surface area contributed by atoms with E-state index in [1.807, 2.05) is 0 Å². The summed E-state index contributed by atoms with van der Waals surface area (Å²) in [6.07, 6.45) is -4.42. The first-order chi connectivity index (χ1) is 11.8. The zero-order valence-corrected chi connectivity index (χ0v) is 13.0. The summed E-state index contributed by atoms with van der Waals surface area (Å²) in [4.78, 5) is 11.8. The monoisotopic (exact) mass is 357 g/mol. The molecule has 0 saturated heterocycles. The predicted octanol–water partition coefficient (Wildman–Crippen LogP) is 4.17. The van der Waals surface area contributed by atoms with E-state index in [0.717, 1.165) is 0 Å². The summed E-state index contributed by atoms with van der Waals surface area (Å²) in [6, 6.07) is 11.3. The number of anilines is 1. The van der Waals surface area contributed by atoms with Crippen molar-refractivity contribution < 1.29 is 31.8 Å². The summed E-state index contributed by atoms with van der Waals surface area (Å²) in [5.74, 6) is -0.794. The van der Waals surface area contributed by atoms with Crippen molar-refractivity contribution in [1.82, 2.24) is 0 Å². The molecule has 4 nitrogen and oxygen atoms in total. The first-order valence-corrected chi connectivity index (χ1v) is 7.30. The van der Waals surface area contributed by atoms with Crippen LogP contribution in [-0.4, -0.2) is 25.3 Å². The van der Waals surface area contributed by atoms with Gasteiger partial charge in [-0.1, -0.05) is 12.1 Å². The van der Waals surface area contributed by atoms with Crippen LogP contribution >= 0.6 is 0 Å². The molecule has 0 saturated carbocycles. The van der Waals surface area contributed by atoms with Crippen LogP contribution in [0.15, 0.2) is 48.5 Å². The highest BCUT2D eigenvalue weighted by atomic mass is 19.4. The maximum absolute atomic E-state index is 13.3. The highest BCUT2D eigenvalue weighted by Crippen LogP contribution is 2.20. The Balaban J connectivity index is 1.76. The smallest absolute Gasteiger partial charge is 0.422 e. The number of para-hydroxylation sites is 1. The second-order valence-electron chi connectivity index (χ2n) is 5.01. The predicted molar refractivity (Wildman–Crippen MR) is 83.1 cm³/mol. The van der Waals surface area contributed by atoms with Gasteiger partial charge in [0, 0.05) is 5.69 Å². The number of alkyl halides is 3. The van der Waals surface area contributed by atoms with E-state index in [1.165, 1.54) is 42.5 Å². The number of nitrogens with one attached hydrogen (secondary N) is 1. The van der Waals surface area contributed by atoms with Gasteiger partial charge >= 0.3 is 6.18 Å². The number of hydrogen-bond acceptors (Lipinski definition) is 3. The molecule has 0 bridgehead atoms. The van der Waals surface area contributed by atoms with E-state index in [9.17, 15) is 22.4 Å². The third-order valence-electron chi connectivity index (χ3n) is 2.96. The number of hydrogen-bond donors (Lipinski definition) is 1. The fraction of sp³-hybridized carbons (Fsp3) is 0.235. The Morgan fingerprint density at radius 1 is 1.00 bits per heavy atom. The lowest BCUT2D eigenvalue weighted by Crippen LogP contribution is -2.19. The van der Waals surface area contributed by atoms with Gasteiger partial charge in [0.05, 0.1) is 13.0 Å². The molecule has 2 aromatic carbocycles. The van der Waals surface area contributed by atoms with E-state index in [1.54, 1.807) is 6.07 Å². The molecule has 0 unspecified atom stereocenters. The molecule has 1 amide bonds. The van der Waals surface area contributed by atoms with Crippen LogP contribution in [-0.2, 0) is 4.79 Å². The van der Waals surface area contributed by atoms with Gasteiger partial charge < -0.3 is 14.8 Å². The van der Waals surface area contributed by atoms with Gasteiger partial charge in [0.15, 0.2) is 18.2 Å². The molecule has 8 heteroatoms. The van der Waals surface area contributed by atoms with Gasteiger partial charge in [-0.25, -0.2) is 4.39 Å². The van der Waals surface area contributed by atoms with E-state index >= 15 is 0 Å². The van der Waals surface area contributed by atoms with Gasteiger partial charge in [-0.3, -0.25) is 4.79 Å². The number of ether oxygens (including phenoxy) is 2. The quantitative estimate of drug-likeness (QED) is 0.757. The second-order valence-corrected chi connectivity index (χ2v) is 5.01. The Labute approximate surface area is 141 Å². The maximum Gasteiger partial charge on any atom is 0.422 e. The number of rotatable bonds is 7. The molecule has 0 aliphatic rings. The minimum Gasteiger partial charge on any atom is -0.490 e. The highest BCUT2D eigenvalue weighted by Gasteiger charge is 2.28. The summed E-state index contributed by atoms with van der Waals surface area (Å²) in [5, 5.41) is 2.55. The molecule has 0 heterocycles. The molecule has 0 radical (unpaired) electrons. The first-order valence-electron chi connectivity index (χ1n) is 7.30. The SMILES string of the molecule is O=C(CCOc1ccccc1F)Nc1ccc(OCC(F)(F)F)cc1. The number of benzene rings is 2. The Hall–Kier alpha value is -2.77. The van der Waals surface area contributed by atoms with Crippen LogP contribution in [0.1, 0.15) is 6.42 Å². The van der Waals surface area contributed by atoms with Crippen molar-refractivity contribution in [1.29, 1.82) is 0 Å². The Morgan fingerprint density at radius 3 is 2.32 bits per heavy atom. The second kappa shape index (κ2) is 8.36. The van der Waals surface area contributed by atoms with Crippen molar-refractivity contribution >= 4 is 11.6 Å². The van der Waals surface area contributed by atoms with Crippen LogP contribution in [0.25, 0.3) is 0 Å². The molecule has 0 atom stereocenters. The van der Waals surface area contributed by atoms with Gasteiger partial charge in [-0.2, -0.15) is 13.2 Å². The molecule has 0 aromatic heterocycles. The molecular weight excluding hydrogens is 342 g/mol. The number of carbonyl (C=O) groups excluding carboxylic acids is 1. The van der Waals surface area contributed by atoms with Crippen molar-refractivity contribution in [2.24, 2.45) is 0 Å². The topological polar surface area (TPSA) is 47.6 Å². The molecule has 0 spiro atoms. The van der Waals surface area contributed by atoms with Crippen LogP contribution in [0.2, 0.25) is 0 Å². The minimum atomic E-state index is -4.41. The van der Waals surface area contributed by atoms with E-state index in [4.69, 9.17) is 4.74 Å². The Kier molecular flexibility index (Phi) is 6.21. The number of amides is 1. The molecule has 1 N–H and O–H groups in total. The average molecular weight is 357 g/mol. The van der Waals surface area contributed by atoms with Crippen molar-refractivity contribution in [2.45, 2.75) is 12.6 Å². The van der Waals surface area contributed by atoms with E-state index in [0.29, 0.717) is 5.69 Å². The Bertz CT molecular complexity index is 702. The normalized spacial score (nSPS) is 11.0. The third-order valence-corrected chi connectivity index (χ3v) is 2.96. The Morgan fingerprint density at radius 2 is 1.68 bits per heavy atom. The summed E-state index contributed by atoms with van der Waals surface area (Å²) in [5.41, 5.74) is 0.398. The van der Waals surface area contributed by atoms with E-state index in [-0.39, 0.29) is 30.4 Å². The van der Waals surface area contributed by atoms with Crippen molar-refractivity contribution in [3.05, 3.63) is 54.3 Å². The zero-order valence-electron chi connectivity index (χ0n) is 13.0. The lowest BCUT2D eigenvalue weighted by atomic mass is 10.3. The number of halogens is 4. The molecular formula is C17H15F4NO3. The lowest BCUT2D eigenvalue weighted by molar-refractivity contribution is -0.153. The maximum atomic E-state index is 13.3. The third kappa shape index (κ3) is 6.70. The summed E-state index contributed by atoms with van der Waals surface area (Å²) in [6.45, 7) is -1.40. The van der Waals surface area contributed by atoms with Crippen LogP contribution in [0, 0.1) is 5.82 Å². The van der Waals surface area contributed by atoms with Gasteiger partial charge in [0.1, 0.15) is 5.75 Å². The van der Waals surface area contributed by atoms with Crippen LogP contribution in [0.5, 0.6) is 11.5 Å². The zero-order chi connectivity index (χ0) is 18.3. The molecule has 2 rings (SSSR count). The molecule has 25 heavy (non-hydrogen) atoms. The average Bonchev–Trinajstić information content (AvgIpc) is 2.55. The molecule has 2 aromatic rings. The largest absolute Gasteiger partial charge is 0.490 e. The van der Waals surface area contributed by atoms with Gasteiger partial charge in [-0.15, -0.1) is 0 Å². The van der Waals surface area contributed by atoms with Crippen molar-refractivity contribution in [2.75, 3.05) is 18.5 Å². The highest BCUT2D eigenvalue weighted by molar-refractivity contribution is 5.90. The molecule has 134 valence electrons. The summed E-state index contributed by atoms with van der Waals surface area (Å²) in [7, 11) is 0. The summed E-state index contributed by atoms with van der Waals surface area (Å²) >= 11 is 0. The molecule has 0 aliphatic heterocycles. The van der Waals surface area contributed by atoms with Gasteiger partial charge in [-0.05, 0) is 36.4 Å². The van der Waals surface area contributed by atoms with Crippen molar-refractivity contribution in [3.8, 4) is 11.5 Å². The van der Waals surface area contributed by atoms with E-state index < -0.39 is 18.6 Å². The van der Waals surface area contributed by atoms with Crippen LogP contribution in [0.3, 0.4) is 0 Å². The van der Waals surface area contributed by atoms with Crippen molar-refractivity contribution in [3.63, 3.8) is 0 Å². The lowest BCUT2D eigenvalue weighted by Gasteiger charge is -2.10. The summed E-state index contributed by atoms with van der Waals surface area (Å²) < 4.78 is 59.2. The van der Waals surface area contributed by atoms with Gasteiger partial charge in [0.2, 0.25) is 5.91 Å². The van der Waals surface area contributed by atoms with Crippen LogP contribution in [0.4, 0.5) is 23.2 Å². The molecule has 0 fully saturated rings. The fourth-order valence-electron chi connectivity index (χ4n) is 1.84. The van der Waals surface area contributed by atoms with Crippen LogP contribution < -0.4 is 14.8 Å². The van der Waals surface area contributed by atoms with E-state index in [2.05, 4.69) is 10.1 Å². The fourth-order valence-corrected chi connectivity index (χ4v) is 1.84. The minimum absolute atomic E-state index is 0.0132.